The largest absolute Gasteiger partial charge is 0.325 e. The third-order valence-electron chi connectivity index (χ3n) is 5.86. The van der Waals surface area contributed by atoms with Gasteiger partial charge in [-0.15, -0.1) is 10.2 Å². The van der Waals surface area contributed by atoms with Crippen molar-refractivity contribution < 1.29 is 13.2 Å². The van der Waals surface area contributed by atoms with Gasteiger partial charge in [-0.3, -0.25) is 4.40 Å². The normalized spacial score (nSPS) is 13.9. The van der Waals surface area contributed by atoms with Crippen LogP contribution in [0.15, 0.2) is 36.4 Å². The molecule has 1 aliphatic rings. The molecule has 0 spiro atoms. The summed E-state index contributed by atoms with van der Waals surface area (Å²) in [5, 5.41) is 8.82. The van der Waals surface area contributed by atoms with E-state index in [2.05, 4.69) is 34.2 Å². The molecule has 0 radical (unpaired) electrons. The molecule has 0 saturated carbocycles. The van der Waals surface area contributed by atoms with Gasteiger partial charge >= 0.3 is 0 Å². The van der Waals surface area contributed by atoms with Crippen LogP contribution >= 0.6 is 0 Å². The molecule has 1 aliphatic heterocycles. The zero-order valence-electron chi connectivity index (χ0n) is 19.5. The topological polar surface area (TPSA) is 46.3 Å². The van der Waals surface area contributed by atoms with E-state index in [-0.39, 0.29) is 5.82 Å². The second kappa shape index (κ2) is 8.65. The molecule has 0 unspecified atom stereocenters. The molecule has 2 aromatic heterocycles. The summed E-state index contributed by atoms with van der Waals surface area (Å²) in [6.45, 7) is 9.31. The summed E-state index contributed by atoms with van der Waals surface area (Å²) in [6, 6.07) is 11.4. The predicted molar refractivity (Wildman–Crippen MR) is 125 cm³/mol. The van der Waals surface area contributed by atoms with E-state index in [1.807, 2.05) is 23.5 Å². The van der Waals surface area contributed by atoms with E-state index in [0.29, 0.717) is 22.8 Å². The minimum Gasteiger partial charge on any atom is -0.325 e. The Hall–Kier alpha value is -3.16. The van der Waals surface area contributed by atoms with Gasteiger partial charge in [-0.25, -0.2) is 13.2 Å². The summed E-state index contributed by atoms with van der Waals surface area (Å²) in [4.78, 5) is 6.84. The smallest absolute Gasteiger partial charge is 0.257 e. The summed E-state index contributed by atoms with van der Waals surface area (Å²) in [5.74, 6) is 1.53. The molecule has 0 aliphatic carbocycles. The zero-order valence-corrected chi connectivity index (χ0v) is 19.5. The maximum atomic E-state index is 14.9. The first-order valence-electron chi connectivity index (χ1n) is 11.0. The Morgan fingerprint density at radius 1 is 1.00 bits per heavy atom. The summed E-state index contributed by atoms with van der Waals surface area (Å²) in [6.07, 6.45) is -0.162. The first-order valence-corrected chi connectivity index (χ1v) is 11.0. The van der Waals surface area contributed by atoms with Gasteiger partial charge in [0.15, 0.2) is 0 Å². The monoisotopic (exact) mass is 455 g/mol. The average molecular weight is 456 g/mol. The van der Waals surface area contributed by atoms with Crippen LogP contribution in [0.25, 0.3) is 16.7 Å². The molecule has 0 bridgehead atoms. The number of anilines is 2. The summed E-state index contributed by atoms with van der Waals surface area (Å²) < 4.78 is 39.8. The SMILES string of the molecule is CC(C)(C)C(F)F.Cc1cccc2c1CCCN2c1nc2nnc(C)n2c2cccc(F)c12. The third kappa shape index (κ3) is 4.26. The van der Waals surface area contributed by atoms with Crippen molar-refractivity contribution in [3.8, 4) is 0 Å². The quantitative estimate of drug-likeness (QED) is 0.332. The highest BCUT2D eigenvalue weighted by molar-refractivity contribution is 5.94. The van der Waals surface area contributed by atoms with Crippen LogP contribution in [0.5, 0.6) is 0 Å². The highest BCUT2D eigenvalue weighted by Crippen LogP contribution is 2.38. The van der Waals surface area contributed by atoms with Crippen molar-refractivity contribution in [1.82, 2.24) is 19.6 Å². The Kier molecular flexibility index (Phi) is 6.03. The number of fused-ring (bicyclic) bond motifs is 4. The number of nitrogens with zero attached hydrogens (tertiary/aromatic N) is 5. The van der Waals surface area contributed by atoms with Gasteiger partial charge in [0, 0.05) is 17.6 Å². The summed E-state index contributed by atoms with van der Waals surface area (Å²) >= 11 is 0. The summed E-state index contributed by atoms with van der Waals surface area (Å²) in [7, 11) is 0. The predicted octanol–water partition coefficient (Wildman–Crippen LogP) is 6.42. The molecule has 5 rings (SSSR count). The minimum absolute atomic E-state index is 0.278. The molecule has 4 aromatic rings. The van der Waals surface area contributed by atoms with E-state index in [9.17, 15) is 13.2 Å². The molecule has 8 heteroatoms. The van der Waals surface area contributed by atoms with Crippen LogP contribution in [0.4, 0.5) is 24.7 Å². The number of aryl methyl sites for hydroxylation is 2. The van der Waals surface area contributed by atoms with Gasteiger partial charge in [0.05, 0.1) is 10.9 Å². The number of alkyl halides is 2. The van der Waals surface area contributed by atoms with Crippen molar-refractivity contribution in [2.45, 2.75) is 53.9 Å². The lowest BCUT2D eigenvalue weighted by atomic mass is 9.97. The van der Waals surface area contributed by atoms with Crippen molar-refractivity contribution in [2.75, 3.05) is 11.4 Å². The second-order valence-electron chi connectivity index (χ2n) is 9.45. The number of rotatable bonds is 1. The highest BCUT2D eigenvalue weighted by atomic mass is 19.3. The van der Waals surface area contributed by atoms with E-state index in [1.165, 1.54) is 38.0 Å². The minimum atomic E-state index is -2.20. The fourth-order valence-corrected chi connectivity index (χ4v) is 3.99. The van der Waals surface area contributed by atoms with E-state index < -0.39 is 11.8 Å². The fraction of sp³-hybridized carbons (Fsp3) is 0.400. The molecular weight excluding hydrogens is 427 g/mol. The van der Waals surface area contributed by atoms with E-state index in [4.69, 9.17) is 4.98 Å². The second-order valence-corrected chi connectivity index (χ2v) is 9.45. The first-order chi connectivity index (χ1) is 15.6. The Balaban J connectivity index is 0.000000325. The number of aromatic nitrogens is 4. The lowest BCUT2D eigenvalue weighted by molar-refractivity contribution is 0.0324. The van der Waals surface area contributed by atoms with E-state index in [0.717, 1.165) is 30.6 Å². The number of hydrogen-bond donors (Lipinski definition) is 0. The van der Waals surface area contributed by atoms with Gasteiger partial charge in [0.2, 0.25) is 6.43 Å². The molecule has 0 atom stereocenters. The van der Waals surface area contributed by atoms with Crippen molar-refractivity contribution in [1.29, 1.82) is 0 Å². The molecule has 0 N–H and O–H groups in total. The van der Waals surface area contributed by atoms with Crippen LogP contribution in [0.1, 0.15) is 44.1 Å². The maximum Gasteiger partial charge on any atom is 0.257 e. The molecule has 174 valence electrons. The molecular formula is C25H28F3N5. The Morgan fingerprint density at radius 2 is 1.70 bits per heavy atom. The van der Waals surface area contributed by atoms with Crippen LogP contribution in [0.3, 0.4) is 0 Å². The van der Waals surface area contributed by atoms with Crippen LogP contribution in [0, 0.1) is 25.1 Å². The Labute approximate surface area is 191 Å². The van der Waals surface area contributed by atoms with Crippen LogP contribution < -0.4 is 4.90 Å². The first kappa shape index (κ1) is 23.0. The fourth-order valence-electron chi connectivity index (χ4n) is 3.99. The third-order valence-corrected chi connectivity index (χ3v) is 5.86. The molecule has 33 heavy (non-hydrogen) atoms. The average Bonchev–Trinajstić information content (AvgIpc) is 3.14. The van der Waals surface area contributed by atoms with Gasteiger partial charge in [0.25, 0.3) is 5.78 Å². The standard InChI is InChI=1S/C20H18FN5.C5H10F2/c1-12-6-3-9-16-14(12)7-5-11-25(16)19-18-15(21)8-4-10-17(18)26-13(2)23-24-20(26)22-19;1-5(2,3)4(6)7/h3-4,6,8-10H,5,7,11H2,1-2H3;4H,1-3H3. The van der Waals surface area contributed by atoms with Crippen molar-refractivity contribution in [3.63, 3.8) is 0 Å². The van der Waals surface area contributed by atoms with Crippen LogP contribution in [0.2, 0.25) is 0 Å². The highest BCUT2D eigenvalue weighted by Gasteiger charge is 2.25. The zero-order chi connectivity index (χ0) is 23.9. The molecule has 5 nitrogen and oxygen atoms in total. The number of benzene rings is 2. The molecule has 0 amide bonds. The van der Waals surface area contributed by atoms with Crippen molar-refractivity contribution in [2.24, 2.45) is 5.41 Å². The van der Waals surface area contributed by atoms with Gasteiger partial charge in [-0.05, 0) is 56.0 Å². The van der Waals surface area contributed by atoms with Crippen molar-refractivity contribution in [3.05, 3.63) is 59.2 Å². The van der Waals surface area contributed by atoms with Crippen LogP contribution in [-0.2, 0) is 6.42 Å². The van der Waals surface area contributed by atoms with Crippen LogP contribution in [-0.4, -0.2) is 32.6 Å². The lowest BCUT2D eigenvalue weighted by Gasteiger charge is -2.32. The van der Waals surface area contributed by atoms with Gasteiger partial charge in [-0.2, -0.15) is 4.98 Å². The number of hydrogen-bond acceptors (Lipinski definition) is 4. The van der Waals surface area contributed by atoms with E-state index in [1.54, 1.807) is 6.07 Å². The number of halogens is 3. The van der Waals surface area contributed by atoms with E-state index >= 15 is 0 Å². The summed E-state index contributed by atoms with van der Waals surface area (Å²) in [5.41, 5.74) is 3.58. The molecule has 0 fully saturated rings. The van der Waals surface area contributed by atoms with Crippen molar-refractivity contribution >= 4 is 28.2 Å². The van der Waals surface area contributed by atoms with Gasteiger partial charge in [-0.1, -0.05) is 39.0 Å². The Bertz CT molecular complexity index is 1310. The lowest BCUT2D eigenvalue weighted by Crippen LogP contribution is -2.26. The molecule has 3 heterocycles. The Morgan fingerprint density at radius 3 is 2.39 bits per heavy atom. The van der Waals surface area contributed by atoms with Gasteiger partial charge < -0.3 is 4.90 Å². The molecule has 0 saturated heterocycles. The molecule has 2 aromatic carbocycles. The van der Waals surface area contributed by atoms with Gasteiger partial charge in [0.1, 0.15) is 17.5 Å². The maximum absolute atomic E-state index is 14.9.